The first-order chi connectivity index (χ1) is 13.2. The fourth-order valence-electron chi connectivity index (χ4n) is 3.04. The van der Waals surface area contributed by atoms with E-state index < -0.39 is 39.2 Å². The van der Waals surface area contributed by atoms with Gasteiger partial charge in [0.15, 0.2) is 10.8 Å². The third kappa shape index (κ3) is 4.16. The van der Waals surface area contributed by atoms with Gasteiger partial charge in [-0.1, -0.05) is 36.4 Å². The maximum absolute atomic E-state index is 12.9. The lowest BCUT2D eigenvalue weighted by Gasteiger charge is -2.34. The maximum atomic E-state index is 12.9. The van der Waals surface area contributed by atoms with Crippen molar-refractivity contribution in [1.29, 1.82) is 0 Å². The minimum atomic E-state index is -4.91. The zero-order valence-corrected chi connectivity index (χ0v) is 15.2. The molecule has 2 atom stereocenters. The quantitative estimate of drug-likeness (QED) is 0.810. The van der Waals surface area contributed by atoms with Crippen LogP contribution in [-0.4, -0.2) is 27.7 Å². The molecule has 28 heavy (non-hydrogen) atoms. The molecule has 0 fully saturated rings. The van der Waals surface area contributed by atoms with Crippen molar-refractivity contribution in [1.82, 2.24) is 5.32 Å². The molecule has 0 saturated heterocycles. The van der Waals surface area contributed by atoms with Crippen LogP contribution >= 0.6 is 0 Å². The van der Waals surface area contributed by atoms with Gasteiger partial charge in [-0.25, -0.2) is 9.00 Å². The van der Waals surface area contributed by atoms with Crippen molar-refractivity contribution < 1.29 is 27.0 Å². The second-order valence-corrected chi connectivity index (χ2v) is 7.65. The zero-order valence-electron chi connectivity index (χ0n) is 14.4. The zero-order chi connectivity index (χ0) is 20.5. The van der Waals surface area contributed by atoms with E-state index in [0.29, 0.717) is 5.56 Å². The monoisotopic (exact) mass is 411 g/mol. The van der Waals surface area contributed by atoms with Crippen molar-refractivity contribution in [3.05, 3.63) is 59.7 Å². The Morgan fingerprint density at radius 3 is 2.50 bits per heavy atom. The molecule has 1 aliphatic rings. The molecule has 0 aromatic heterocycles. The summed E-state index contributed by atoms with van der Waals surface area (Å²) in [5.41, 5.74) is 1.73. The van der Waals surface area contributed by atoms with Crippen LogP contribution in [0.1, 0.15) is 11.1 Å². The van der Waals surface area contributed by atoms with Crippen molar-refractivity contribution in [2.24, 2.45) is 5.73 Å². The van der Waals surface area contributed by atoms with Crippen molar-refractivity contribution in [3.63, 3.8) is 0 Å². The molecule has 0 bridgehead atoms. The largest absolute Gasteiger partial charge is 0.475 e. The fourth-order valence-corrected chi connectivity index (χ4v) is 3.72. The van der Waals surface area contributed by atoms with Gasteiger partial charge in [-0.05, 0) is 23.3 Å². The number of urea groups is 1. The lowest BCUT2D eigenvalue weighted by Crippen LogP contribution is -2.53. The molecular weight excluding hydrogens is 395 g/mol. The van der Waals surface area contributed by atoms with E-state index in [9.17, 15) is 27.0 Å². The average molecular weight is 411 g/mol. The molecule has 0 aliphatic carbocycles. The van der Waals surface area contributed by atoms with Crippen molar-refractivity contribution in [2.75, 3.05) is 4.90 Å². The van der Waals surface area contributed by atoms with Crippen LogP contribution in [0, 0.1) is 0 Å². The molecule has 1 aliphatic heterocycles. The molecular formula is C18H16F3N3O3S. The number of hydrogen-bond donors (Lipinski definition) is 2. The van der Waals surface area contributed by atoms with E-state index in [-0.39, 0.29) is 18.7 Å². The van der Waals surface area contributed by atoms with Gasteiger partial charge in [0.05, 0.1) is 6.54 Å². The number of nitrogens with one attached hydrogen (secondary N) is 1. The van der Waals surface area contributed by atoms with Gasteiger partial charge >= 0.3 is 11.5 Å². The Morgan fingerprint density at radius 2 is 1.89 bits per heavy atom. The Labute approximate surface area is 161 Å². The van der Waals surface area contributed by atoms with E-state index in [2.05, 4.69) is 5.32 Å². The number of halogens is 3. The normalized spacial score (nSPS) is 17.8. The number of amides is 3. The molecule has 6 nitrogen and oxygen atoms in total. The van der Waals surface area contributed by atoms with Gasteiger partial charge in [0.25, 0.3) is 0 Å². The number of nitrogens with two attached hydrogens (primary N) is 1. The molecule has 2 aromatic carbocycles. The summed E-state index contributed by atoms with van der Waals surface area (Å²) in [5.74, 6) is -0.509. The summed E-state index contributed by atoms with van der Waals surface area (Å²) >= 11 is 0. The number of anilines is 1. The summed E-state index contributed by atoms with van der Waals surface area (Å²) in [5, 5.41) is 2.36. The van der Waals surface area contributed by atoms with Gasteiger partial charge in [0.1, 0.15) is 6.04 Å². The molecule has 1 heterocycles. The fraction of sp³-hybridized carbons (Fsp3) is 0.222. The third-order valence-corrected chi connectivity index (χ3v) is 5.36. The number of alkyl halides is 3. The first-order valence-corrected chi connectivity index (χ1v) is 9.34. The third-order valence-electron chi connectivity index (χ3n) is 4.26. The number of benzene rings is 2. The van der Waals surface area contributed by atoms with Crippen LogP contribution in [0.2, 0.25) is 0 Å². The van der Waals surface area contributed by atoms with Gasteiger partial charge in [-0.15, -0.1) is 0 Å². The number of rotatable bonds is 4. The highest BCUT2D eigenvalue weighted by atomic mass is 32.2. The lowest BCUT2D eigenvalue weighted by atomic mass is 9.96. The summed E-state index contributed by atoms with van der Waals surface area (Å²) < 4.78 is 50.3. The van der Waals surface area contributed by atoms with Gasteiger partial charge in [-0.2, -0.15) is 13.2 Å². The highest BCUT2D eigenvalue weighted by Crippen LogP contribution is 2.34. The van der Waals surface area contributed by atoms with E-state index in [1.807, 2.05) is 0 Å². The summed E-state index contributed by atoms with van der Waals surface area (Å²) in [6, 6.07) is 10.6. The molecule has 10 heteroatoms. The van der Waals surface area contributed by atoms with Crippen molar-refractivity contribution in [3.8, 4) is 0 Å². The van der Waals surface area contributed by atoms with Gasteiger partial charge < -0.3 is 16.0 Å². The lowest BCUT2D eigenvalue weighted by molar-refractivity contribution is -0.120. The molecule has 0 radical (unpaired) electrons. The molecule has 0 saturated carbocycles. The Morgan fingerprint density at radius 1 is 1.21 bits per heavy atom. The van der Waals surface area contributed by atoms with Crippen LogP contribution in [0.25, 0.3) is 0 Å². The summed E-state index contributed by atoms with van der Waals surface area (Å²) in [6.07, 6.45) is 0.0708. The molecule has 1 unspecified atom stereocenters. The second-order valence-electron chi connectivity index (χ2n) is 6.18. The maximum Gasteiger partial charge on any atom is 0.475 e. The SMILES string of the molecule is NC(=O)N[C@@H]1Cc2ccc(S(=O)C(F)(F)F)cc2N(Cc2ccccc2)C1=O. The van der Waals surface area contributed by atoms with Crippen LogP contribution in [-0.2, 0) is 28.6 Å². The molecule has 3 N–H and O–H groups in total. The van der Waals surface area contributed by atoms with Crippen molar-refractivity contribution >= 4 is 28.4 Å². The number of nitrogens with zero attached hydrogens (tertiary/aromatic N) is 1. The summed E-state index contributed by atoms with van der Waals surface area (Å²) in [6.45, 7) is 0.0751. The molecule has 2 aromatic rings. The topological polar surface area (TPSA) is 92.5 Å². The highest BCUT2D eigenvalue weighted by Gasteiger charge is 2.40. The van der Waals surface area contributed by atoms with E-state index in [1.165, 1.54) is 11.0 Å². The number of primary amides is 1. The predicted molar refractivity (Wildman–Crippen MR) is 96.7 cm³/mol. The number of hydrogen-bond acceptors (Lipinski definition) is 3. The second kappa shape index (κ2) is 7.63. The molecule has 3 rings (SSSR count). The molecule has 148 valence electrons. The number of fused-ring (bicyclic) bond motifs is 1. The van der Waals surface area contributed by atoms with Gasteiger partial charge in [0.2, 0.25) is 5.91 Å². The minimum Gasteiger partial charge on any atom is -0.352 e. The van der Waals surface area contributed by atoms with Gasteiger partial charge in [-0.3, -0.25) is 4.79 Å². The van der Waals surface area contributed by atoms with E-state index in [4.69, 9.17) is 5.73 Å². The Balaban J connectivity index is 2.04. The first kappa shape index (κ1) is 19.9. The Hall–Kier alpha value is -2.88. The van der Waals surface area contributed by atoms with Crippen LogP contribution < -0.4 is 16.0 Å². The number of carbonyl (C=O) groups excluding carboxylic acids is 2. The van der Waals surface area contributed by atoms with E-state index in [0.717, 1.165) is 17.7 Å². The molecule has 3 amide bonds. The highest BCUT2D eigenvalue weighted by molar-refractivity contribution is 7.86. The summed E-state index contributed by atoms with van der Waals surface area (Å²) in [7, 11) is -3.22. The number of carbonyl (C=O) groups is 2. The van der Waals surface area contributed by atoms with Crippen molar-refractivity contribution in [2.45, 2.75) is 29.4 Å². The first-order valence-electron chi connectivity index (χ1n) is 8.19. The van der Waals surface area contributed by atoms with Crippen LogP contribution in [0.5, 0.6) is 0 Å². The minimum absolute atomic E-state index is 0.0708. The van der Waals surface area contributed by atoms with E-state index >= 15 is 0 Å². The Kier molecular flexibility index (Phi) is 5.41. The summed E-state index contributed by atoms with van der Waals surface area (Å²) in [4.78, 5) is 24.9. The average Bonchev–Trinajstić information content (AvgIpc) is 2.64. The Bertz CT molecular complexity index is 935. The van der Waals surface area contributed by atoms with Crippen LogP contribution in [0.3, 0.4) is 0 Å². The van der Waals surface area contributed by atoms with E-state index in [1.54, 1.807) is 30.3 Å². The van der Waals surface area contributed by atoms with Crippen LogP contribution in [0.15, 0.2) is 53.4 Å². The van der Waals surface area contributed by atoms with Gasteiger partial charge in [0, 0.05) is 17.0 Å². The smallest absolute Gasteiger partial charge is 0.352 e. The standard InChI is InChI=1S/C18H16F3N3O3S/c19-18(20,21)28(27)13-7-6-12-8-14(23-17(22)26)16(25)24(15(12)9-13)10-11-4-2-1-3-5-11/h1-7,9,14H,8,10H2,(H3,22,23,26)/t14-,28?/m1/s1. The molecule has 0 spiro atoms. The predicted octanol–water partition coefficient (Wildman–Crippen LogP) is 2.44. The van der Waals surface area contributed by atoms with Crippen LogP contribution in [0.4, 0.5) is 23.7 Å².